The Balaban J connectivity index is 1.85. The summed E-state index contributed by atoms with van der Waals surface area (Å²) in [5.74, 6) is -0.530. The Labute approximate surface area is 162 Å². The summed E-state index contributed by atoms with van der Waals surface area (Å²) in [4.78, 5) is 0. The summed E-state index contributed by atoms with van der Waals surface area (Å²) in [7, 11) is 0. The van der Waals surface area contributed by atoms with Gasteiger partial charge in [-0.15, -0.1) is 11.6 Å². The monoisotopic (exact) mass is 386 g/mol. The predicted molar refractivity (Wildman–Crippen MR) is 104 cm³/mol. The molecular formula is C22H20ClFO3. The highest BCUT2D eigenvalue weighted by Gasteiger charge is 2.21. The van der Waals surface area contributed by atoms with Gasteiger partial charge in [-0.1, -0.05) is 60.7 Å². The molecule has 0 unspecified atom stereocenters. The van der Waals surface area contributed by atoms with Crippen LogP contribution in [0.15, 0.2) is 72.8 Å². The minimum Gasteiger partial charge on any atom is -0.485 e. The maximum atomic E-state index is 15.0. The van der Waals surface area contributed by atoms with Crippen LogP contribution in [0.4, 0.5) is 4.39 Å². The smallest absolute Gasteiger partial charge is 0.197 e. The first-order valence-corrected chi connectivity index (χ1v) is 9.12. The van der Waals surface area contributed by atoms with Gasteiger partial charge in [0.15, 0.2) is 17.3 Å². The molecule has 0 amide bonds. The lowest BCUT2D eigenvalue weighted by Gasteiger charge is -2.17. The normalized spacial score (nSPS) is 11.8. The molecule has 0 heterocycles. The van der Waals surface area contributed by atoms with Gasteiger partial charge in [-0.05, 0) is 23.3 Å². The number of hydrogen-bond acceptors (Lipinski definition) is 3. The van der Waals surface area contributed by atoms with Crippen LogP contribution < -0.4 is 9.47 Å². The van der Waals surface area contributed by atoms with Crippen LogP contribution in [0.2, 0.25) is 0 Å². The summed E-state index contributed by atoms with van der Waals surface area (Å²) < 4.78 is 26.5. The standard InChI is InChI=1S/C22H20ClFO3/c23-13-19(25)18-11-12-20(26-14-16-7-3-1-4-8-16)22(21(18)24)27-15-17-9-5-2-6-10-17/h1-12,19,25H,13-15H2/t19-/m0/s1. The number of alkyl halides is 1. The lowest BCUT2D eigenvalue weighted by molar-refractivity contribution is 0.192. The van der Waals surface area contributed by atoms with Gasteiger partial charge >= 0.3 is 0 Å². The number of aliphatic hydroxyl groups is 1. The summed E-state index contributed by atoms with van der Waals surface area (Å²) in [5, 5.41) is 9.95. The molecule has 1 N–H and O–H groups in total. The van der Waals surface area contributed by atoms with Crippen molar-refractivity contribution in [1.82, 2.24) is 0 Å². The second-order valence-corrected chi connectivity index (χ2v) is 6.32. The van der Waals surface area contributed by atoms with Crippen molar-refractivity contribution in [2.24, 2.45) is 0 Å². The highest BCUT2D eigenvalue weighted by Crippen LogP contribution is 2.36. The zero-order chi connectivity index (χ0) is 19.1. The van der Waals surface area contributed by atoms with Crippen LogP contribution in [0.25, 0.3) is 0 Å². The Morgan fingerprint density at radius 1 is 0.815 bits per heavy atom. The van der Waals surface area contributed by atoms with Gasteiger partial charge in [0.2, 0.25) is 0 Å². The molecule has 0 radical (unpaired) electrons. The van der Waals surface area contributed by atoms with E-state index in [2.05, 4.69) is 0 Å². The van der Waals surface area contributed by atoms with E-state index in [9.17, 15) is 9.50 Å². The van der Waals surface area contributed by atoms with Crippen molar-refractivity contribution >= 4 is 11.6 Å². The molecule has 0 fully saturated rings. The van der Waals surface area contributed by atoms with E-state index in [1.54, 1.807) is 6.07 Å². The summed E-state index contributed by atoms with van der Waals surface area (Å²) in [6, 6.07) is 22.1. The van der Waals surface area contributed by atoms with Gasteiger partial charge in [0.05, 0.1) is 12.0 Å². The Hall–Kier alpha value is -2.56. The molecular weight excluding hydrogens is 367 g/mol. The van der Waals surface area contributed by atoms with Crippen molar-refractivity contribution in [2.75, 3.05) is 5.88 Å². The second-order valence-electron chi connectivity index (χ2n) is 6.01. The first-order chi connectivity index (χ1) is 13.2. The van der Waals surface area contributed by atoms with Crippen LogP contribution in [0.1, 0.15) is 22.8 Å². The van der Waals surface area contributed by atoms with E-state index in [1.807, 2.05) is 60.7 Å². The molecule has 0 saturated heterocycles. The van der Waals surface area contributed by atoms with E-state index in [0.29, 0.717) is 0 Å². The summed E-state index contributed by atoms with van der Waals surface area (Å²) in [5.41, 5.74) is 1.94. The molecule has 27 heavy (non-hydrogen) atoms. The third kappa shape index (κ3) is 5.00. The average Bonchev–Trinajstić information content (AvgIpc) is 2.72. The third-order valence-corrected chi connectivity index (χ3v) is 4.35. The second kappa shape index (κ2) is 9.40. The van der Waals surface area contributed by atoms with Crippen molar-refractivity contribution in [3.8, 4) is 11.5 Å². The van der Waals surface area contributed by atoms with Crippen molar-refractivity contribution in [2.45, 2.75) is 19.3 Å². The van der Waals surface area contributed by atoms with Gasteiger partial charge in [0.1, 0.15) is 13.2 Å². The van der Waals surface area contributed by atoms with Crippen molar-refractivity contribution in [3.63, 3.8) is 0 Å². The van der Waals surface area contributed by atoms with Gasteiger partial charge in [0.25, 0.3) is 0 Å². The molecule has 0 aliphatic carbocycles. The van der Waals surface area contributed by atoms with E-state index in [4.69, 9.17) is 21.1 Å². The lowest BCUT2D eigenvalue weighted by Crippen LogP contribution is -2.07. The molecule has 0 aliphatic heterocycles. The average molecular weight is 387 g/mol. The fraction of sp³-hybridized carbons (Fsp3) is 0.182. The van der Waals surface area contributed by atoms with Gasteiger partial charge in [-0.2, -0.15) is 0 Å². The molecule has 0 saturated carbocycles. The number of aliphatic hydroxyl groups excluding tert-OH is 1. The number of rotatable bonds is 8. The number of hydrogen-bond donors (Lipinski definition) is 1. The molecule has 0 spiro atoms. The molecule has 3 aromatic carbocycles. The fourth-order valence-electron chi connectivity index (χ4n) is 2.61. The zero-order valence-electron chi connectivity index (χ0n) is 14.6. The van der Waals surface area contributed by atoms with Crippen molar-refractivity contribution in [1.29, 1.82) is 0 Å². The fourth-order valence-corrected chi connectivity index (χ4v) is 2.77. The van der Waals surface area contributed by atoms with Crippen LogP contribution in [0, 0.1) is 5.82 Å². The van der Waals surface area contributed by atoms with E-state index in [-0.39, 0.29) is 36.2 Å². The first-order valence-electron chi connectivity index (χ1n) is 8.59. The summed E-state index contributed by atoms with van der Waals surface area (Å²) in [6.45, 7) is 0.458. The Bertz CT molecular complexity index is 856. The van der Waals surface area contributed by atoms with Crippen LogP contribution >= 0.6 is 11.6 Å². The summed E-state index contributed by atoms with van der Waals surface area (Å²) in [6.07, 6.45) is -1.12. The highest BCUT2D eigenvalue weighted by molar-refractivity contribution is 6.18. The third-order valence-electron chi connectivity index (χ3n) is 4.06. The van der Waals surface area contributed by atoms with E-state index >= 15 is 0 Å². The Morgan fingerprint density at radius 3 is 1.93 bits per heavy atom. The minimum atomic E-state index is -1.12. The molecule has 3 aromatic rings. The van der Waals surface area contributed by atoms with E-state index in [0.717, 1.165) is 11.1 Å². The molecule has 1 atom stereocenters. The molecule has 5 heteroatoms. The van der Waals surface area contributed by atoms with Crippen LogP contribution in [-0.4, -0.2) is 11.0 Å². The zero-order valence-corrected chi connectivity index (χ0v) is 15.4. The van der Waals surface area contributed by atoms with Gasteiger partial charge in [-0.25, -0.2) is 4.39 Å². The molecule has 0 aromatic heterocycles. The molecule has 0 aliphatic rings. The Kier molecular flexibility index (Phi) is 6.69. The highest BCUT2D eigenvalue weighted by atomic mass is 35.5. The maximum Gasteiger partial charge on any atom is 0.197 e. The molecule has 3 rings (SSSR count). The SMILES string of the molecule is O[C@@H](CCl)c1ccc(OCc2ccccc2)c(OCc2ccccc2)c1F. The van der Waals surface area contributed by atoms with Crippen LogP contribution in [0.3, 0.4) is 0 Å². The topological polar surface area (TPSA) is 38.7 Å². The van der Waals surface area contributed by atoms with Crippen LogP contribution in [-0.2, 0) is 13.2 Å². The Morgan fingerprint density at radius 2 is 1.37 bits per heavy atom. The largest absolute Gasteiger partial charge is 0.485 e. The number of ether oxygens (including phenoxy) is 2. The predicted octanol–water partition coefficient (Wildman–Crippen LogP) is 5.26. The first kappa shape index (κ1) is 19.2. The maximum absolute atomic E-state index is 15.0. The van der Waals surface area contributed by atoms with Gasteiger partial charge in [-0.3, -0.25) is 0 Å². The quantitative estimate of drug-likeness (QED) is 0.537. The van der Waals surface area contributed by atoms with Crippen LogP contribution in [0.5, 0.6) is 11.5 Å². The van der Waals surface area contributed by atoms with E-state index in [1.165, 1.54) is 6.07 Å². The van der Waals surface area contributed by atoms with Gasteiger partial charge in [0, 0.05) is 5.56 Å². The number of halogens is 2. The molecule has 3 nitrogen and oxygen atoms in total. The molecule has 140 valence electrons. The summed E-state index contributed by atoms with van der Waals surface area (Å²) >= 11 is 5.68. The molecule has 0 bridgehead atoms. The van der Waals surface area contributed by atoms with E-state index < -0.39 is 11.9 Å². The van der Waals surface area contributed by atoms with Gasteiger partial charge < -0.3 is 14.6 Å². The van der Waals surface area contributed by atoms with Crippen molar-refractivity contribution in [3.05, 3.63) is 95.3 Å². The minimum absolute atomic E-state index is 0.0311. The number of benzene rings is 3. The lowest BCUT2D eigenvalue weighted by atomic mass is 10.1. The van der Waals surface area contributed by atoms with Crippen molar-refractivity contribution < 1.29 is 19.0 Å².